The summed E-state index contributed by atoms with van der Waals surface area (Å²) in [5.41, 5.74) is 2.75. The Morgan fingerprint density at radius 1 is 1.37 bits per heavy atom. The van der Waals surface area contributed by atoms with Gasteiger partial charge in [0.2, 0.25) is 5.91 Å². The molecule has 1 amide bonds. The molecule has 7 nitrogen and oxygen atoms in total. The van der Waals surface area contributed by atoms with Crippen molar-refractivity contribution < 1.29 is 4.79 Å². The summed E-state index contributed by atoms with van der Waals surface area (Å²) in [5, 5.41) is 0. The van der Waals surface area contributed by atoms with Crippen LogP contribution in [0.2, 0.25) is 0 Å². The number of hydrazine groups is 1. The Kier molecular flexibility index (Phi) is 3.68. The zero-order valence-corrected chi connectivity index (χ0v) is 11.6. The molecule has 0 unspecified atom stereocenters. The molecule has 7 heteroatoms. The van der Waals surface area contributed by atoms with Crippen LogP contribution in [-0.2, 0) is 11.3 Å². The highest BCUT2D eigenvalue weighted by molar-refractivity contribution is 5.86. The number of amides is 1. The van der Waals surface area contributed by atoms with Gasteiger partial charge in [-0.25, -0.2) is 10.8 Å². The van der Waals surface area contributed by atoms with E-state index in [1.54, 1.807) is 17.3 Å². The highest BCUT2D eigenvalue weighted by Crippen LogP contribution is 2.23. The van der Waals surface area contributed by atoms with E-state index in [2.05, 4.69) is 20.3 Å². The Morgan fingerprint density at radius 2 is 2.11 bits per heavy atom. The van der Waals surface area contributed by atoms with Gasteiger partial charge in [-0.2, -0.15) is 0 Å². The zero-order valence-electron chi connectivity index (χ0n) is 11.6. The number of carbonyl (C=O) groups excluding carboxylic acids is 1. The summed E-state index contributed by atoms with van der Waals surface area (Å²) in [7, 11) is 1.84. The van der Waals surface area contributed by atoms with Crippen LogP contribution >= 0.6 is 0 Å². The fraction of sp³-hybridized carbons (Fsp3) is 0.583. The van der Waals surface area contributed by atoms with Crippen molar-refractivity contribution in [2.75, 3.05) is 25.6 Å². The molecule has 1 aliphatic heterocycles. The number of hydrogen-bond donors (Lipinski definition) is 2. The predicted octanol–water partition coefficient (Wildman–Crippen LogP) is -0.185. The van der Waals surface area contributed by atoms with E-state index in [1.807, 2.05) is 20.9 Å². The van der Waals surface area contributed by atoms with E-state index in [4.69, 9.17) is 5.84 Å². The van der Waals surface area contributed by atoms with Crippen molar-refractivity contribution in [2.24, 2.45) is 5.84 Å². The molecule has 0 spiro atoms. The van der Waals surface area contributed by atoms with Gasteiger partial charge >= 0.3 is 0 Å². The SMILES string of the molecule is CN1CCN(Cc2cnc(NN)cn2)C(C)(C)C1=O. The molecule has 3 N–H and O–H groups in total. The quantitative estimate of drug-likeness (QED) is 0.581. The Bertz CT molecular complexity index is 458. The van der Waals surface area contributed by atoms with Crippen molar-refractivity contribution in [1.82, 2.24) is 19.8 Å². The molecule has 0 aromatic carbocycles. The summed E-state index contributed by atoms with van der Waals surface area (Å²) in [6, 6.07) is 0. The first-order valence-corrected chi connectivity index (χ1v) is 6.23. The minimum atomic E-state index is -0.514. The molecule has 1 saturated heterocycles. The van der Waals surface area contributed by atoms with E-state index in [0.717, 1.165) is 18.8 Å². The predicted molar refractivity (Wildman–Crippen MR) is 72.0 cm³/mol. The van der Waals surface area contributed by atoms with Gasteiger partial charge in [-0.15, -0.1) is 0 Å². The Hall–Kier alpha value is -1.73. The van der Waals surface area contributed by atoms with Crippen molar-refractivity contribution in [1.29, 1.82) is 0 Å². The van der Waals surface area contributed by atoms with Gasteiger partial charge in [0.05, 0.1) is 23.6 Å². The largest absolute Gasteiger partial charge is 0.343 e. The van der Waals surface area contributed by atoms with Crippen molar-refractivity contribution in [2.45, 2.75) is 25.9 Å². The maximum atomic E-state index is 12.2. The van der Waals surface area contributed by atoms with Crippen molar-refractivity contribution >= 4 is 11.7 Å². The van der Waals surface area contributed by atoms with Crippen LogP contribution < -0.4 is 11.3 Å². The number of likely N-dealkylation sites (N-methyl/N-ethyl adjacent to an activating group) is 1. The van der Waals surface area contributed by atoms with Crippen LogP contribution in [0.15, 0.2) is 12.4 Å². The molecule has 1 aromatic rings. The molecule has 1 fully saturated rings. The van der Waals surface area contributed by atoms with Crippen LogP contribution in [-0.4, -0.2) is 51.4 Å². The van der Waals surface area contributed by atoms with E-state index in [0.29, 0.717) is 12.4 Å². The molecule has 0 aliphatic carbocycles. The lowest BCUT2D eigenvalue weighted by molar-refractivity contribution is -0.147. The fourth-order valence-electron chi connectivity index (χ4n) is 2.24. The third-order valence-corrected chi connectivity index (χ3v) is 3.57. The number of hydrogen-bond acceptors (Lipinski definition) is 6. The first-order chi connectivity index (χ1) is 8.95. The topological polar surface area (TPSA) is 87.4 Å². The minimum Gasteiger partial charge on any atom is -0.343 e. The monoisotopic (exact) mass is 264 g/mol. The molecule has 104 valence electrons. The Morgan fingerprint density at radius 3 is 2.68 bits per heavy atom. The normalized spacial score (nSPS) is 19.6. The first kappa shape index (κ1) is 13.7. The summed E-state index contributed by atoms with van der Waals surface area (Å²) in [6.45, 7) is 6.04. The van der Waals surface area contributed by atoms with Crippen molar-refractivity contribution in [3.8, 4) is 0 Å². The van der Waals surface area contributed by atoms with Crippen LogP contribution in [0.25, 0.3) is 0 Å². The number of rotatable bonds is 3. The van der Waals surface area contributed by atoms with E-state index >= 15 is 0 Å². The number of nitrogen functional groups attached to an aromatic ring is 1. The summed E-state index contributed by atoms with van der Waals surface area (Å²) in [4.78, 5) is 24.5. The van der Waals surface area contributed by atoms with E-state index in [9.17, 15) is 4.79 Å². The molecular weight excluding hydrogens is 244 g/mol. The zero-order chi connectivity index (χ0) is 14.0. The lowest BCUT2D eigenvalue weighted by Crippen LogP contribution is -2.61. The maximum absolute atomic E-state index is 12.2. The Balaban J connectivity index is 2.11. The number of carbonyl (C=O) groups is 1. The van der Waals surface area contributed by atoms with Gasteiger partial charge < -0.3 is 10.3 Å². The average Bonchev–Trinajstić information content (AvgIpc) is 2.41. The highest BCUT2D eigenvalue weighted by Gasteiger charge is 2.40. The standard InChI is InChI=1S/C12H20N6O/c1-12(2)11(19)17(3)4-5-18(12)8-9-6-15-10(16-13)7-14-9/h6-7H,4-5,8,13H2,1-3H3,(H,15,16). The molecule has 19 heavy (non-hydrogen) atoms. The lowest BCUT2D eigenvalue weighted by Gasteiger charge is -2.44. The summed E-state index contributed by atoms with van der Waals surface area (Å²) in [6.07, 6.45) is 3.26. The van der Waals surface area contributed by atoms with Gasteiger partial charge in [-0.05, 0) is 13.8 Å². The molecule has 0 saturated carbocycles. The van der Waals surface area contributed by atoms with Gasteiger partial charge in [0.15, 0.2) is 5.82 Å². The molecule has 2 rings (SSSR count). The summed E-state index contributed by atoms with van der Waals surface area (Å²) < 4.78 is 0. The third kappa shape index (κ3) is 2.66. The smallest absolute Gasteiger partial charge is 0.242 e. The molecule has 0 atom stereocenters. The van der Waals surface area contributed by atoms with Crippen LogP contribution in [0, 0.1) is 0 Å². The van der Waals surface area contributed by atoms with Crippen LogP contribution in [0.3, 0.4) is 0 Å². The third-order valence-electron chi connectivity index (χ3n) is 3.57. The lowest BCUT2D eigenvalue weighted by atomic mass is 9.97. The number of nitrogens with one attached hydrogen (secondary N) is 1. The molecule has 0 radical (unpaired) electrons. The number of aromatic nitrogens is 2. The van der Waals surface area contributed by atoms with Crippen LogP contribution in [0.5, 0.6) is 0 Å². The van der Waals surface area contributed by atoms with Gasteiger partial charge in [-0.3, -0.25) is 14.7 Å². The maximum Gasteiger partial charge on any atom is 0.242 e. The number of nitrogens with two attached hydrogens (primary N) is 1. The Labute approximate surface area is 112 Å². The van der Waals surface area contributed by atoms with Crippen molar-refractivity contribution in [3.05, 3.63) is 18.1 Å². The highest BCUT2D eigenvalue weighted by atomic mass is 16.2. The van der Waals surface area contributed by atoms with Gasteiger partial charge in [0, 0.05) is 26.7 Å². The van der Waals surface area contributed by atoms with Gasteiger partial charge in [-0.1, -0.05) is 0 Å². The molecule has 0 bridgehead atoms. The average molecular weight is 264 g/mol. The molecule has 1 aliphatic rings. The van der Waals surface area contributed by atoms with E-state index < -0.39 is 5.54 Å². The second-order valence-corrected chi connectivity index (χ2v) is 5.24. The molecule has 2 heterocycles. The van der Waals surface area contributed by atoms with Gasteiger partial charge in [0.25, 0.3) is 0 Å². The summed E-state index contributed by atoms with van der Waals surface area (Å²) in [5.74, 6) is 5.90. The second-order valence-electron chi connectivity index (χ2n) is 5.24. The molecule has 1 aromatic heterocycles. The first-order valence-electron chi connectivity index (χ1n) is 6.23. The summed E-state index contributed by atoms with van der Waals surface area (Å²) >= 11 is 0. The van der Waals surface area contributed by atoms with Crippen LogP contribution in [0.4, 0.5) is 5.82 Å². The number of piperazine rings is 1. The van der Waals surface area contributed by atoms with Crippen LogP contribution in [0.1, 0.15) is 19.5 Å². The number of nitrogens with zero attached hydrogens (tertiary/aromatic N) is 4. The van der Waals surface area contributed by atoms with Gasteiger partial charge in [0.1, 0.15) is 0 Å². The minimum absolute atomic E-state index is 0.131. The second kappa shape index (κ2) is 5.10. The fourth-order valence-corrected chi connectivity index (χ4v) is 2.24. The molecular formula is C12H20N6O. The van der Waals surface area contributed by atoms with E-state index in [-0.39, 0.29) is 5.91 Å². The number of anilines is 1. The van der Waals surface area contributed by atoms with Crippen molar-refractivity contribution in [3.63, 3.8) is 0 Å². The van der Waals surface area contributed by atoms with E-state index in [1.165, 1.54) is 0 Å².